The zero-order valence-corrected chi connectivity index (χ0v) is 12.2. The smallest absolute Gasteiger partial charge is 0.205 e. The molecule has 0 spiro atoms. The maximum atomic E-state index is 12.7. The number of thiophene rings is 1. The van der Waals surface area contributed by atoms with Crippen molar-refractivity contribution < 1.29 is 4.79 Å². The van der Waals surface area contributed by atoms with Gasteiger partial charge in [-0.05, 0) is 46.2 Å². The fourth-order valence-corrected chi connectivity index (χ4v) is 4.12. The van der Waals surface area contributed by atoms with Crippen molar-refractivity contribution in [2.24, 2.45) is 0 Å². The number of carbonyl (C=O) groups excluding carboxylic acids is 1. The lowest BCUT2D eigenvalue weighted by Gasteiger charge is -2.07. The van der Waals surface area contributed by atoms with E-state index in [-0.39, 0.29) is 5.78 Å². The Hall–Kier alpha value is -1.64. The van der Waals surface area contributed by atoms with E-state index < -0.39 is 0 Å². The molecule has 4 rings (SSSR count). The molecule has 3 heteroatoms. The molecule has 1 aliphatic rings. The lowest BCUT2D eigenvalue weighted by molar-refractivity contribution is 0.104. The molecule has 1 aliphatic carbocycles. The van der Waals surface area contributed by atoms with Crippen LogP contribution < -0.4 is 0 Å². The van der Waals surface area contributed by atoms with Crippen LogP contribution in [-0.2, 0) is 12.8 Å². The molecule has 0 radical (unpaired) electrons. The Morgan fingerprint density at radius 3 is 2.60 bits per heavy atom. The van der Waals surface area contributed by atoms with E-state index in [2.05, 4.69) is 12.1 Å². The van der Waals surface area contributed by atoms with E-state index in [1.54, 1.807) is 6.07 Å². The highest BCUT2D eigenvalue weighted by Crippen LogP contribution is 2.35. The first-order chi connectivity index (χ1) is 9.75. The highest BCUT2D eigenvalue weighted by Gasteiger charge is 2.21. The Morgan fingerprint density at radius 2 is 1.85 bits per heavy atom. The lowest BCUT2D eigenvalue weighted by atomic mass is 9.97. The van der Waals surface area contributed by atoms with Crippen LogP contribution >= 0.6 is 22.9 Å². The molecular formula is C17H11ClOS. The van der Waals surface area contributed by atoms with E-state index in [1.807, 2.05) is 23.6 Å². The third-order valence-electron chi connectivity index (χ3n) is 3.94. The van der Waals surface area contributed by atoms with Crippen LogP contribution in [0.15, 0.2) is 41.8 Å². The van der Waals surface area contributed by atoms with Crippen LogP contribution in [-0.4, -0.2) is 5.78 Å². The largest absolute Gasteiger partial charge is 0.288 e. The first-order valence-corrected chi connectivity index (χ1v) is 7.82. The molecule has 1 nitrogen and oxygen atoms in total. The predicted molar refractivity (Wildman–Crippen MR) is 84.1 cm³/mol. The van der Waals surface area contributed by atoms with E-state index >= 15 is 0 Å². The summed E-state index contributed by atoms with van der Waals surface area (Å²) < 4.78 is 0. The molecule has 1 heterocycles. The summed E-state index contributed by atoms with van der Waals surface area (Å²) in [6, 6.07) is 12.1. The van der Waals surface area contributed by atoms with Gasteiger partial charge in [0.2, 0.25) is 5.78 Å². The quantitative estimate of drug-likeness (QED) is 0.616. The Morgan fingerprint density at radius 1 is 1.05 bits per heavy atom. The van der Waals surface area contributed by atoms with Gasteiger partial charge in [0.05, 0.1) is 9.90 Å². The van der Waals surface area contributed by atoms with E-state index in [0.29, 0.717) is 9.90 Å². The number of benzene rings is 2. The van der Waals surface area contributed by atoms with Gasteiger partial charge in [0, 0.05) is 5.56 Å². The van der Waals surface area contributed by atoms with E-state index in [1.165, 1.54) is 27.8 Å². The number of halogens is 1. The maximum Gasteiger partial charge on any atom is 0.205 e. The maximum absolute atomic E-state index is 12.7. The summed E-state index contributed by atoms with van der Waals surface area (Å²) in [5.74, 6) is 0.0283. The van der Waals surface area contributed by atoms with Crippen molar-refractivity contribution in [3.8, 4) is 0 Å². The normalized spacial score (nSPS) is 13.1. The highest BCUT2D eigenvalue weighted by atomic mass is 35.5. The standard InChI is InChI=1S/C17H11ClOS/c18-14-8-9-20-17(14)16(19)13-7-6-11-5-4-10-2-1-3-12(13)15(10)11/h1-3,6-9H,4-5H2. The van der Waals surface area contributed by atoms with Crippen LogP contribution in [0, 0.1) is 0 Å². The molecule has 0 fully saturated rings. The van der Waals surface area contributed by atoms with Crippen molar-refractivity contribution >= 4 is 39.5 Å². The zero-order chi connectivity index (χ0) is 13.7. The molecule has 0 amide bonds. The summed E-state index contributed by atoms with van der Waals surface area (Å²) in [5.41, 5.74) is 3.46. The minimum Gasteiger partial charge on any atom is -0.288 e. The second-order valence-electron chi connectivity index (χ2n) is 5.04. The molecule has 3 aromatic rings. The second kappa shape index (κ2) is 4.44. The topological polar surface area (TPSA) is 17.1 Å². The summed E-state index contributed by atoms with van der Waals surface area (Å²) >= 11 is 7.50. The number of hydrogen-bond acceptors (Lipinski definition) is 2. The van der Waals surface area contributed by atoms with Crippen LogP contribution in [0.25, 0.3) is 10.8 Å². The highest BCUT2D eigenvalue weighted by molar-refractivity contribution is 7.13. The molecular weight excluding hydrogens is 288 g/mol. The molecule has 20 heavy (non-hydrogen) atoms. The monoisotopic (exact) mass is 298 g/mol. The van der Waals surface area contributed by atoms with Gasteiger partial charge in [-0.15, -0.1) is 11.3 Å². The second-order valence-corrected chi connectivity index (χ2v) is 6.36. The van der Waals surface area contributed by atoms with Crippen molar-refractivity contribution in [1.29, 1.82) is 0 Å². The van der Waals surface area contributed by atoms with Crippen molar-refractivity contribution in [3.63, 3.8) is 0 Å². The van der Waals surface area contributed by atoms with Crippen LogP contribution in [0.2, 0.25) is 5.02 Å². The van der Waals surface area contributed by atoms with Gasteiger partial charge in [-0.2, -0.15) is 0 Å². The fraction of sp³-hybridized carbons (Fsp3) is 0.118. The molecule has 0 unspecified atom stereocenters. The Balaban J connectivity index is 1.98. The molecule has 0 saturated carbocycles. The summed E-state index contributed by atoms with van der Waals surface area (Å²) in [4.78, 5) is 13.3. The van der Waals surface area contributed by atoms with Crippen LogP contribution in [0.1, 0.15) is 26.4 Å². The number of ketones is 1. The first kappa shape index (κ1) is 12.1. The lowest BCUT2D eigenvalue weighted by Crippen LogP contribution is -2.01. The molecule has 0 N–H and O–H groups in total. The summed E-state index contributed by atoms with van der Waals surface area (Å²) in [5, 5.41) is 4.73. The Labute approximate surface area is 125 Å². The summed E-state index contributed by atoms with van der Waals surface area (Å²) in [7, 11) is 0. The molecule has 0 atom stereocenters. The van der Waals surface area contributed by atoms with E-state index in [4.69, 9.17) is 11.6 Å². The SMILES string of the molecule is O=C(c1sccc1Cl)c1ccc2c3c(cccc13)CC2. The van der Waals surface area contributed by atoms with Crippen molar-refractivity contribution in [1.82, 2.24) is 0 Å². The predicted octanol–water partition coefficient (Wildman–Crippen LogP) is 4.88. The number of aryl methyl sites for hydroxylation is 2. The fourth-order valence-electron chi connectivity index (χ4n) is 3.02. The van der Waals surface area contributed by atoms with Gasteiger partial charge < -0.3 is 0 Å². The first-order valence-electron chi connectivity index (χ1n) is 6.57. The average molecular weight is 299 g/mol. The van der Waals surface area contributed by atoms with Gasteiger partial charge in [-0.3, -0.25) is 4.79 Å². The third kappa shape index (κ3) is 1.65. The average Bonchev–Trinajstić information content (AvgIpc) is 3.07. The van der Waals surface area contributed by atoms with Crippen molar-refractivity contribution in [3.05, 3.63) is 68.4 Å². The van der Waals surface area contributed by atoms with Gasteiger partial charge >= 0.3 is 0 Å². The van der Waals surface area contributed by atoms with Gasteiger partial charge in [0.1, 0.15) is 0 Å². The van der Waals surface area contributed by atoms with Crippen LogP contribution in [0.3, 0.4) is 0 Å². The van der Waals surface area contributed by atoms with Crippen molar-refractivity contribution in [2.45, 2.75) is 12.8 Å². The van der Waals surface area contributed by atoms with E-state index in [9.17, 15) is 4.79 Å². The molecule has 0 saturated heterocycles. The Kier molecular flexibility index (Phi) is 2.69. The van der Waals surface area contributed by atoms with Gasteiger partial charge in [-0.1, -0.05) is 41.9 Å². The van der Waals surface area contributed by atoms with E-state index in [0.717, 1.165) is 23.8 Å². The summed E-state index contributed by atoms with van der Waals surface area (Å²) in [6.07, 6.45) is 2.15. The number of carbonyl (C=O) groups is 1. The van der Waals surface area contributed by atoms with Crippen LogP contribution in [0.5, 0.6) is 0 Å². The zero-order valence-electron chi connectivity index (χ0n) is 10.7. The van der Waals surface area contributed by atoms with Gasteiger partial charge in [0.15, 0.2) is 0 Å². The van der Waals surface area contributed by atoms with Gasteiger partial charge in [0.25, 0.3) is 0 Å². The van der Waals surface area contributed by atoms with Gasteiger partial charge in [-0.25, -0.2) is 0 Å². The van der Waals surface area contributed by atoms with Crippen molar-refractivity contribution in [2.75, 3.05) is 0 Å². The molecule has 1 aromatic heterocycles. The molecule has 98 valence electrons. The minimum atomic E-state index is 0.0283. The molecule has 0 aliphatic heterocycles. The Bertz CT molecular complexity index is 837. The molecule has 0 bridgehead atoms. The number of hydrogen-bond donors (Lipinski definition) is 0. The minimum absolute atomic E-state index is 0.0283. The third-order valence-corrected chi connectivity index (χ3v) is 5.29. The number of rotatable bonds is 2. The summed E-state index contributed by atoms with van der Waals surface area (Å²) in [6.45, 7) is 0. The molecule has 2 aromatic carbocycles. The van der Waals surface area contributed by atoms with Crippen LogP contribution in [0.4, 0.5) is 0 Å².